The first-order valence-electron chi connectivity index (χ1n) is 7.40. The Bertz CT molecular complexity index is 576. The number of nitrogens with one attached hydrogen (secondary N) is 1. The van der Waals surface area contributed by atoms with E-state index < -0.39 is 0 Å². The van der Waals surface area contributed by atoms with E-state index >= 15 is 0 Å². The molecule has 0 amide bonds. The summed E-state index contributed by atoms with van der Waals surface area (Å²) in [5.74, 6) is 1.61. The van der Waals surface area contributed by atoms with Crippen LogP contribution < -0.4 is 5.32 Å². The zero-order valence-electron chi connectivity index (χ0n) is 13.3. The largest absolute Gasteiger partial charge is 0.315 e. The Morgan fingerprint density at radius 2 is 2.14 bits per heavy atom. The third kappa shape index (κ3) is 5.13. The van der Waals surface area contributed by atoms with E-state index in [1.165, 1.54) is 26.0 Å². The van der Waals surface area contributed by atoms with Gasteiger partial charge in [0.05, 0.1) is 11.4 Å². The second-order valence-corrected chi connectivity index (χ2v) is 7.93. The minimum atomic E-state index is 0.653. The lowest BCUT2D eigenvalue weighted by molar-refractivity contribution is 0.630. The molecular weight excluding hydrogens is 296 g/mol. The molecule has 1 heterocycles. The third-order valence-corrected chi connectivity index (χ3v) is 5.40. The lowest BCUT2D eigenvalue weighted by atomic mass is 10.1. The van der Waals surface area contributed by atoms with E-state index in [1.807, 2.05) is 30.1 Å². The van der Waals surface area contributed by atoms with Gasteiger partial charge in [-0.2, -0.15) is 0 Å². The summed E-state index contributed by atoms with van der Waals surface area (Å²) in [4.78, 5) is 7.58. The van der Waals surface area contributed by atoms with Crippen LogP contribution >= 0.6 is 23.1 Å². The van der Waals surface area contributed by atoms with Gasteiger partial charge >= 0.3 is 0 Å². The molecule has 114 valence electrons. The average molecular weight is 321 g/mol. The van der Waals surface area contributed by atoms with Crippen LogP contribution in [0.2, 0.25) is 0 Å². The number of hydrogen-bond acceptors (Lipinski definition) is 4. The van der Waals surface area contributed by atoms with Gasteiger partial charge in [0.1, 0.15) is 5.01 Å². The summed E-state index contributed by atoms with van der Waals surface area (Å²) in [7, 11) is 2.00. The second-order valence-electron chi connectivity index (χ2n) is 5.71. The highest BCUT2D eigenvalue weighted by Gasteiger charge is 2.12. The maximum Gasteiger partial charge on any atom is 0.103 e. The molecule has 1 aromatic heterocycles. The van der Waals surface area contributed by atoms with E-state index in [0.717, 1.165) is 18.7 Å². The Kier molecular flexibility index (Phi) is 6.27. The van der Waals surface area contributed by atoms with Crippen LogP contribution in [0, 0.1) is 12.8 Å². The van der Waals surface area contributed by atoms with Crippen LogP contribution in [-0.2, 0) is 18.7 Å². The molecule has 1 N–H and O–H groups in total. The average Bonchev–Trinajstić information content (AvgIpc) is 2.78. The molecule has 0 spiro atoms. The summed E-state index contributed by atoms with van der Waals surface area (Å²) in [5.41, 5.74) is 2.60. The van der Waals surface area contributed by atoms with Gasteiger partial charge in [0, 0.05) is 16.3 Å². The van der Waals surface area contributed by atoms with Gasteiger partial charge < -0.3 is 5.32 Å². The molecular formula is C17H24N2S2. The summed E-state index contributed by atoms with van der Waals surface area (Å²) >= 11 is 3.73. The van der Waals surface area contributed by atoms with Gasteiger partial charge in [-0.1, -0.05) is 31.5 Å². The van der Waals surface area contributed by atoms with Crippen LogP contribution in [0.4, 0.5) is 0 Å². The molecule has 0 fully saturated rings. The Morgan fingerprint density at radius 3 is 2.81 bits per heavy atom. The molecule has 2 aromatic rings. The number of thioether (sulfide) groups is 1. The summed E-state index contributed by atoms with van der Waals surface area (Å²) in [6.45, 7) is 7.57. The molecule has 0 atom stereocenters. The van der Waals surface area contributed by atoms with E-state index in [-0.39, 0.29) is 0 Å². The van der Waals surface area contributed by atoms with Crippen molar-refractivity contribution in [2.75, 3.05) is 7.05 Å². The zero-order valence-corrected chi connectivity index (χ0v) is 14.9. The lowest BCUT2D eigenvalue weighted by Crippen LogP contribution is -2.07. The summed E-state index contributed by atoms with van der Waals surface area (Å²) in [5, 5.41) is 4.49. The van der Waals surface area contributed by atoms with Crippen LogP contribution in [0.1, 0.15) is 35.0 Å². The quantitative estimate of drug-likeness (QED) is 0.751. The standard InChI is InChI=1S/C17H24N2S2/c1-12(2)8-15-16(10-18-4)21-17(19-15)11-20-14-7-5-6-13(3)9-14/h5-7,9,12,18H,8,10-11H2,1-4H3. The Hall–Kier alpha value is -0.840. The van der Waals surface area contributed by atoms with Crippen molar-refractivity contribution >= 4 is 23.1 Å². The van der Waals surface area contributed by atoms with Gasteiger partial charge in [-0.15, -0.1) is 23.1 Å². The van der Waals surface area contributed by atoms with Gasteiger partial charge in [0.25, 0.3) is 0 Å². The van der Waals surface area contributed by atoms with Crippen molar-refractivity contribution in [3.63, 3.8) is 0 Å². The fraction of sp³-hybridized carbons (Fsp3) is 0.471. The van der Waals surface area contributed by atoms with Crippen molar-refractivity contribution in [3.05, 3.63) is 45.4 Å². The molecule has 0 aliphatic heterocycles. The molecule has 0 aliphatic rings. The molecule has 4 heteroatoms. The first-order valence-corrected chi connectivity index (χ1v) is 9.20. The van der Waals surface area contributed by atoms with Crippen LogP contribution in [0.25, 0.3) is 0 Å². The number of thiazole rings is 1. The SMILES string of the molecule is CNCc1sc(CSc2cccc(C)c2)nc1CC(C)C. The second kappa shape index (κ2) is 7.97. The van der Waals surface area contributed by atoms with Gasteiger partial charge in [-0.25, -0.2) is 4.98 Å². The number of aryl methyl sites for hydroxylation is 1. The van der Waals surface area contributed by atoms with Crippen molar-refractivity contribution in [2.24, 2.45) is 5.92 Å². The molecule has 2 nitrogen and oxygen atoms in total. The maximum atomic E-state index is 4.86. The van der Waals surface area contributed by atoms with Gasteiger partial charge in [-0.3, -0.25) is 0 Å². The predicted octanol–water partition coefficient (Wildman–Crippen LogP) is 4.66. The van der Waals surface area contributed by atoms with Gasteiger partial charge in [0.2, 0.25) is 0 Å². The molecule has 21 heavy (non-hydrogen) atoms. The number of aromatic nitrogens is 1. The first kappa shape index (κ1) is 16.5. The van der Waals surface area contributed by atoms with Crippen LogP contribution in [-0.4, -0.2) is 12.0 Å². The topological polar surface area (TPSA) is 24.9 Å². The Balaban J connectivity index is 2.05. The highest BCUT2D eigenvalue weighted by atomic mass is 32.2. The highest BCUT2D eigenvalue weighted by Crippen LogP contribution is 2.28. The number of nitrogens with zero attached hydrogens (tertiary/aromatic N) is 1. The van der Waals surface area contributed by atoms with Crippen molar-refractivity contribution in [1.29, 1.82) is 0 Å². The molecule has 1 aromatic carbocycles. The van der Waals surface area contributed by atoms with Crippen molar-refractivity contribution < 1.29 is 0 Å². The lowest BCUT2D eigenvalue weighted by Gasteiger charge is -2.03. The fourth-order valence-corrected chi connectivity index (χ4v) is 4.31. The van der Waals surface area contributed by atoms with Crippen molar-refractivity contribution in [1.82, 2.24) is 10.3 Å². The van der Waals surface area contributed by atoms with Gasteiger partial charge in [-0.05, 0) is 38.4 Å². The third-order valence-electron chi connectivity index (χ3n) is 3.11. The normalized spacial score (nSPS) is 11.3. The predicted molar refractivity (Wildman–Crippen MR) is 94.2 cm³/mol. The molecule has 0 unspecified atom stereocenters. The summed E-state index contributed by atoms with van der Waals surface area (Å²) in [6, 6.07) is 8.67. The fourth-order valence-electron chi connectivity index (χ4n) is 2.19. The molecule has 0 saturated heterocycles. The van der Waals surface area contributed by atoms with Crippen LogP contribution in [0.3, 0.4) is 0 Å². The first-order chi connectivity index (χ1) is 10.1. The van der Waals surface area contributed by atoms with E-state index in [0.29, 0.717) is 5.92 Å². The zero-order chi connectivity index (χ0) is 15.2. The number of rotatable bonds is 7. The van der Waals surface area contributed by atoms with Crippen molar-refractivity contribution in [3.8, 4) is 0 Å². The smallest absolute Gasteiger partial charge is 0.103 e. The minimum absolute atomic E-state index is 0.653. The van der Waals surface area contributed by atoms with Crippen LogP contribution in [0.5, 0.6) is 0 Å². The Labute approximate surface area is 136 Å². The van der Waals surface area contributed by atoms with E-state index in [4.69, 9.17) is 4.98 Å². The highest BCUT2D eigenvalue weighted by molar-refractivity contribution is 7.98. The molecule has 2 rings (SSSR count). The van der Waals surface area contributed by atoms with E-state index in [2.05, 4.69) is 50.4 Å². The van der Waals surface area contributed by atoms with E-state index in [9.17, 15) is 0 Å². The summed E-state index contributed by atoms with van der Waals surface area (Å²) < 4.78 is 0. The molecule has 0 aliphatic carbocycles. The summed E-state index contributed by atoms with van der Waals surface area (Å²) in [6.07, 6.45) is 1.07. The maximum absolute atomic E-state index is 4.86. The number of hydrogen-bond donors (Lipinski definition) is 1. The molecule has 0 bridgehead atoms. The monoisotopic (exact) mass is 320 g/mol. The molecule has 0 saturated carbocycles. The minimum Gasteiger partial charge on any atom is -0.315 e. The van der Waals surface area contributed by atoms with Crippen molar-refractivity contribution in [2.45, 2.75) is 44.4 Å². The Morgan fingerprint density at radius 1 is 1.33 bits per heavy atom. The van der Waals surface area contributed by atoms with Gasteiger partial charge in [0.15, 0.2) is 0 Å². The number of benzene rings is 1. The molecule has 0 radical (unpaired) electrons. The van der Waals surface area contributed by atoms with Crippen LogP contribution in [0.15, 0.2) is 29.2 Å². The van der Waals surface area contributed by atoms with E-state index in [1.54, 1.807) is 0 Å².